The van der Waals surface area contributed by atoms with Crippen LogP contribution in [0.3, 0.4) is 0 Å². The van der Waals surface area contributed by atoms with Crippen molar-refractivity contribution in [2.75, 3.05) is 16.2 Å². The molecule has 2 aromatic rings. The molecule has 0 radical (unpaired) electrons. The second-order valence-corrected chi connectivity index (χ2v) is 7.54. The minimum atomic E-state index is -3.76. The molecule has 0 saturated carbocycles. The zero-order valence-electron chi connectivity index (χ0n) is 13.4. The van der Waals surface area contributed by atoms with Gasteiger partial charge in [0.25, 0.3) is 10.0 Å². The Morgan fingerprint density at radius 3 is 2.40 bits per heavy atom. The fourth-order valence-electron chi connectivity index (χ4n) is 2.79. The van der Waals surface area contributed by atoms with E-state index in [1.165, 1.54) is 53.7 Å². The smallest absolute Gasteiger partial charge is 0.335 e. The van der Waals surface area contributed by atoms with E-state index >= 15 is 0 Å². The molecule has 2 aromatic carbocycles. The van der Waals surface area contributed by atoms with Crippen LogP contribution in [-0.4, -0.2) is 31.9 Å². The molecule has 0 bridgehead atoms. The monoisotopic (exact) mass is 360 g/mol. The van der Waals surface area contributed by atoms with Crippen molar-refractivity contribution in [1.82, 2.24) is 0 Å². The van der Waals surface area contributed by atoms with Crippen LogP contribution >= 0.6 is 0 Å². The molecule has 1 aliphatic heterocycles. The van der Waals surface area contributed by atoms with Crippen molar-refractivity contribution < 1.29 is 23.1 Å². The molecule has 0 fully saturated rings. The summed E-state index contributed by atoms with van der Waals surface area (Å²) < 4.78 is 27.0. The quantitative estimate of drug-likeness (QED) is 0.869. The largest absolute Gasteiger partial charge is 0.478 e. The number of benzene rings is 2. The van der Waals surface area contributed by atoms with E-state index in [2.05, 4.69) is 5.32 Å². The predicted molar refractivity (Wildman–Crippen MR) is 92.4 cm³/mol. The number of aromatic carboxylic acids is 1. The number of hydrogen-bond donors (Lipinski definition) is 2. The molecule has 0 spiro atoms. The lowest BCUT2D eigenvalue weighted by Crippen LogP contribution is -2.29. The van der Waals surface area contributed by atoms with Crippen LogP contribution in [0.25, 0.3) is 0 Å². The number of carbonyl (C=O) groups excluding carboxylic acids is 1. The average molecular weight is 360 g/mol. The highest BCUT2D eigenvalue weighted by molar-refractivity contribution is 7.92. The average Bonchev–Trinajstić information content (AvgIpc) is 2.98. The molecular formula is C17H16N2O5S. The standard InChI is InChI=1S/C17H16N2O5S/c1-11(20)18-14-3-5-15(6-4-14)25(23,24)19-9-8-12-10-13(17(21)22)2-7-16(12)19/h2-7,10H,8-9H2,1H3,(H,18,20)(H,21,22). The van der Waals surface area contributed by atoms with E-state index in [0.29, 0.717) is 23.4 Å². The maximum absolute atomic E-state index is 12.9. The van der Waals surface area contributed by atoms with Crippen LogP contribution < -0.4 is 9.62 Å². The summed E-state index contributed by atoms with van der Waals surface area (Å²) in [6.45, 7) is 1.63. The third kappa shape index (κ3) is 3.20. The van der Waals surface area contributed by atoms with Gasteiger partial charge in [0.1, 0.15) is 0 Å². The molecule has 7 nitrogen and oxygen atoms in total. The number of nitrogens with zero attached hydrogens (tertiary/aromatic N) is 1. The summed E-state index contributed by atoms with van der Waals surface area (Å²) in [5.74, 6) is -1.28. The van der Waals surface area contributed by atoms with Crippen molar-refractivity contribution >= 4 is 33.3 Å². The third-order valence-corrected chi connectivity index (χ3v) is 5.77. The van der Waals surface area contributed by atoms with Gasteiger partial charge in [-0.3, -0.25) is 9.10 Å². The first-order valence-corrected chi connectivity index (χ1v) is 8.99. The molecule has 0 aromatic heterocycles. The maximum atomic E-state index is 12.9. The fraction of sp³-hybridized carbons (Fsp3) is 0.176. The number of carboxylic acid groups (broad SMARTS) is 1. The van der Waals surface area contributed by atoms with Crippen LogP contribution in [0.2, 0.25) is 0 Å². The van der Waals surface area contributed by atoms with Crippen LogP contribution in [0.15, 0.2) is 47.4 Å². The summed E-state index contributed by atoms with van der Waals surface area (Å²) in [5, 5.41) is 11.6. The summed E-state index contributed by atoms with van der Waals surface area (Å²) in [5.41, 5.74) is 1.84. The van der Waals surface area contributed by atoms with Crippen LogP contribution in [0.5, 0.6) is 0 Å². The van der Waals surface area contributed by atoms with Crippen molar-refractivity contribution in [3.63, 3.8) is 0 Å². The number of carboxylic acids is 1. The van der Waals surface area contributed by atoms with E-state index < -0.39 is 16.0 Å². The summed E-state index contributed by atoms with van der Waals surface area (Å²) in [6, 6.07) is 10.4. The topological polar surface area (TPSA) is 104 Å². The highest BCUT2D eigenvalue weighted by atomic mass is 32.2. The van der Waals surface area contributed by atoms with Gasteiger partial charge < -0.3 is 10.4 Å². The van der Waals surface area contributed by atoms with E-state index in [1.54, 1.807) is 0 Å². The van der Waals surface area contributed by atoms with Crippen molar-refractivity contribution in [2.45, 2.75) is 18.2 Å². The second-order valence-electron chi connectivity index (χ2n) is 5.68. The Labute approximate surface area is 144 Å². The van der Waals surface area contributed by atoms with Gasteiger partial charge in [0, 0.05) is 19.2 Å². The van der Waals surface area contributed by atoms with Crippen LogP contribution in [0.1, 0.15) is 22.8 Å². The maximum Gasteiger partial charge on any atom is 0.335 e. The highest BCUT2D eigenvalue weighted by Crippen LogP contribution is 2.33. The Kier molecular flexibility index (Phi) is 4.22. The van der Waals surface area contributed by atoms with E-state index in [4.69, 9.17) is 5.11 Å². The lowest BCUT2D eigenvalue weighted by Gasteiger charge is -2.20. The van der Waals surface area contributed by atoms with Gasteiger partial charge in [-0.05, 0) is 54.4 Å². The van der Waals surface area contributed by atoms with E-state index in [9.17, 15) is 18.0 Å². The number of fused-ring (bicyclic) bond motifs is 1. The molecule has 1 heterocycles. The van der Waals surface area contributed by atoms with Gasteiger partial charge in [0.15, 0.2) is 0 Å². The van der Waals surface area contributed by atoms with Gasteiger partial charge in [-0.15, -0.1) is 0 Å². The van der Waals surface area contributed by atoms with E-state index in [0.717, 1.165) is 0 Å². The zero-order chi connectivity index (χ0) is 18.2. The van der Waals surface area contributed by atoms with Crippen molar-refractivity contribution in [3.8, 4) is 0 Å². The Hall–Kier alpha value is -2.87. The number of nitrogens with one attached hydrogen (secondary N) is 1. The minimum absolute atomic E-state index is 0.108. The number of anilines is 2. The van der Waals surface area contributed by atoms with Gasteiger partial charge in [-0.25, -0.2) is 13.2 Å². The van der Waals surface area contributed by atoms with Crippen molar-refractivity contribution in [3.05, 3.63) is 53.6 Å². The van der Waals surface area contributed by atoms with Gasteiger partial charge >= 0.3 is 5.97 Å². The Bertz CT molecular complexity index is 952. The Morgan fingerprint density at radius 2 is 1.80 bits per heavy atom. The van der Waals surface area contributed by atoms with Gasteiger partial charge in [-0.2, -0.15) is 0 Å². The third-order valence-electron chi connectivity index (χ3n) is 3.94. The highest BCUT2D eigenvalue weighted by Gasteiger charge is 2.31. The summed E-state index contributed by atoms with van der Waals surface area (Å²) in [6.07, 6.45) is 0.458. The summed E-state index contributed by atoms with van der Waals surface area (Å²) in [4.78, 5) is 22.2. The van der Waals surface area contributed by atoms with Crippen molar-refractivity contribution in [2.24, 2.45) is 0 Å². The van der Waals surface area contributed by atoms with Gasteiger partial charge in [0.2, 0.25) is 5.91 Å². The number of rotatable bonds is 4. The van der Waals surface area contributed by atoms with Gasteiger partial charge in [0.05, 0.1) is 16.1 Å². The fourth-order valence-corrected chi connectivity index (χ4v) is 4.30. The first-order chi connectivity index (χ1) is 11.8. The number of amides is 1. The SMILES string of the molecule is CC(=O)Nc1ccc(S(=O)(=O)N2CCc3cc(C(=O)O)ccc32)cc1. The number of carbonyl (C=O) groups is 2. The molecule has 2 N–H and O–H groups in total. The van der Waals surface area contributed by atoms with Gasteiger partial charge in [-0.1, -0.05) is 0 Å². The van der Waals surface area contributed by atoms with E-state index in [1.807, 2.05) is 0 Å². The molecule has 0 unspecified atom stereocenters. The first kappa shape index (κ1) is 17.0. The molecule has 3 rings (SSSR count). The van der Waals surface area contributed by atoms with Crippen LogP contribution in [0.4, 0.5) is 11.4 Å². The molecule has 25 heavy (non-hydrogen) atoms. The molecule has 0 saturated heterocycles. The molecule has 130 valence electrons. The second kappa shape index (κ2) is 6.21. The van der Waals surface area contributed by atoms with Crippen LogP contribution in [0, 0.1) is 0 Å². The van der Waals surface area contributed by atoms with Crippen LogP contribution in [-0.2, 0) is 21.2 Å². The molecule has 1 aliphatic rings. The predicted octanol–water partition coefficient (Wildman–Crippen LogP) is 2.09. The molecule has 1 amide bonds. The summed E-state index contributed by atoms with van der Waals surface area (Å²) >= 11 is 0. The summed E-state index contributed by atoms with van der Waals surface area (Å²) in [7, 11) is -3.76. The molecule has 0 aliphatic carbocycles. The molecule has 0 atom stereocenters. The Morgan fingerprint density at radius 1 is 1.12 bits per heavy atom. The Balaban J connectivity index is 1.92. The van der Waals surface area contributed by atoms with Crippen molar-refractivity contribution in [1.29, 1.82) is 0 Å². The number of sulfonamides is 1. The lowest BCUT2D eigenvalue weighted by atomic mass is 10.1. The molecule has 8 heteroatoms. The normalized spacial score (nSPS) is 13.4. The number of hydrogen-bond acceptors (Lipinski definition) is 4. The van der Waals surface area contributed by atoms with E-state index in [-0.39, 0.29) is 22.9 Å². The molecular weight excluding hydrogens is 344 g/mol. The first-order valence-electron chi connectivity index (χ1n) is 7.55. The minimum Gasteiger partial charge on any atom is -0.478 e. The zero-order valence-corrected chi connectivity index (χ0v) is 14.2. The lowest BCUT2D eigenvalue weighted by molar-refractivity contribution is -0.114.